The van der Waals surface area contributed by atoms with E-state index in [4.69, 9.17) is 18.9 Å². The second-order valence-corrected chi connectivity index (χ2v) is 11.9. The fourth-order valence-corrected chi connectivity index (χ4v) is 5.37. The maximum absolute atomic E-state index is 13.1. The highest BCUT2D eigenvalue weighted by atomic mass is 32.2. The molecule has 9 heteroatoms. The molecule has 0 fully saturated rings. The van der Waals surface area contributed by atoms with Gasteiger partial charge >= 0.3 is 0 Å². The van der Waals surface area contributed by atoms with Crippen LogP contribution in [0, 0.1) is 6.92 Å². The van der Waals surface area contributed by atoms with Gasteiger partial charge in [-0.3, -0.25) is 9.59 Å². The molecule has 0 radical (unpaired) electrons. The summed E-state index contributed by atoms with van der Waals surface area (Å²) in [5.41, 5.74) is 3.25. The van der Waals surface area contributed by atoms with Crippen LogP contribution in [0.1, 0.15) is 37.4 Å². The zero-order valence-corrected chi connectivity index (χ0v) is 27.3. The Morgan fingerprint density at radius 1 is 0.490 bits per heavy atom. The minimum absolute atomic E-state index is 0.0456. The van der Waals surface area contributed by atoms with Crippen LogP contribution in [-0.4, -0.2) is 27.4 Å². The molecular formula is C40H30O8S. The molecule has 1 N–H and O–H groups in total. The molecule has 0 saturated carbocycles. The topological polar surface area (TPSA) is 108 Å². The predicted molar refractivity (Wildman–Crippen MR) is 186 cm³/mol. The molecule has 6 aromatic carbocycles. The van der Waals surface area contributed by atoms with Crippen molar-refractivity contribution >= 4 is 22.6 Å². The molecule has 0 aliphatic rings. The summed E-state index contributed by atoms with van der Waals surface area (Å²) in [7, 11) is 1.47. The highest BCUT2D eigenvalue weighted by Crippen LogP contribution is 2.32. The number of hydrogen-bond acceptors (Lipinski definition) is 7. The van der Waals surface area contributed by atoms with Crippen LogP contribution >= 0.6 is 0 Å². The van der Waals surface area contributed by atoms with Gasteiger partial charge in [0.1, 0.15) is 45.1 Å². The third-order valence-corrected chi connectivity index (χ3v) is 8.22. The van der Waals surface area contributed by atoms with E-state index in [1.807, 2.05) is 31.2 Å². The Balaban J connectivity index is 1.03. The summed E-state index contributed by atoms with van der Waals surface area (Å²) >= 11 is -2.28. The van der Waals surface area contributed by atoms with Crippen molar-refractivity contribution in [3.63, 3.8) is 0 Å². The molecule has 244 valence electrons. The first-order valence-corrected chi connectivity index (χ1v) is 16.3. The van der Waals surface area contributed by atoms with Crippen LogP contribution in [0.4, 0.5) is 0 Å². The van der Waals surface area contributed by atoms with Gasteiger partial charge in [0.15, 0.2) is 22.6 Å². The van der Waals surface area contributed by atoms with E-state index in [2.05, 4.69) is 0 Å². The number of ether oxygens (including phenoxy) is 4. The van der Waals surface area contributed by atoms with E-state index < -0.39 is 11.1 Å². The molecule has 8 nitrogen and oxygen atoms in total. The summed E-state index contributed by atoms with van der Waals surface area (Å²) < 4.78 is 44.2. The lowest BCUT2D eigenvalue weighted by molar-refractivity contribution is 0.103. The quantitative estimate of drug-likeness (QED) is 0.101. The van der Waals surface area contributed by atoms with Gasteiger partial charge in [0.05, 0.1) is 7.11 Å². The molecular weight excluding hydrogens is 640 g/mol. The van der Waals surface area contributed by atoms with Gasteiger partial charge in [0.2, 0.25) is 0 Å². The number of ketones is 2. The number of benzene rings is 6. The Morgan fingerprint density at radius 2 is 0.816 bits per heavy atom. The van der Waals surface area contributed by atoms with Gasteiger partial charge in [-0.05, 0) is 116 Å². The minimum Gasteiger partial charge on any atom is -0.497 e. The molecule has 6 rings (SSSR count). The van der Waals surface area contributed by atoms with E-state index in [0.29, 0.717) is 56.8 Å². The monoisotopic (exact) mass is 670 g/mol. The average Bonchev–Trinajstić information content (AvgIpc) is 3.13. The molecule has 0 heterocycles. The summed E-state index contributed by atoms with van der Waals surface area (Å²) in [6.45, 7) is 1.98. The summed E-state index contributed by atoms with van der Waals surface area (Å²) in [5, 5.41) is 0. The Morgan fingerprint density at radius 3 is 1.18 bits per heavy atom. The Bertz CT molecular complexity index is 2110. The van der Waals surface area contributed by atoms with E-state index >= 15 is 0 Å². The van der Waals surface area contributed by atoms with Crippen LogP contribution < -0.4 is 18.9 Å². The average molecular weight is 671 g/mol. The number of carbonyl (C=O) groups is 2. The lowest BCUT2D eigenvalue weighted by atomic mass is 10.0. The Labute approximate surface area is 285 Å². The highest BCUT2D eigenvalue weighted by Gasteiger charge is 2.14. The van der Waals surface area contributed by atoms with Crippen molar-refractivity contribution in [1.29, 1.82) is 0 Å². The molecule has 0 amide bonds. The molecule has 6 aromatic rings. The fourth-order valence-electron chi connectivity index (χ4n) is 4.87. The molecule has 0 aromatic heterocycles. The second-order valence-electron chi connectivity index (χ2n) is 10.9. The second kappa shape index (κ2) is 14.8. The first-order chi connectivity index (χ1) is 23.7. The number of hydrogen-bond donors (Lipinski definition) is 1. The lowest BCUT2D eigenvalue weighted by Gasteiger charge is -2.11. The smallest absolute Gasteiger partial charge is 0.193 e. The van der Waals surface area contributed by atoms with Crippen LogP contribution in [0.25, 0.3) is 0 Å². The Hall–Kier alpha value is -6.03. The first kappa shape index (κ1) is 32.9. The van der Waals surface area contributed by atoms with Gasteiger partial charge in [-0.1, -0.05) is 29.8 Å². The first-order valence-electron chi connectivity index (χ1n) is 15.1. The van der Waals surface area contributed by atoms with Gasteiger partial charge in [-0.25, -0.2) is 4.21 Å². The van der Waals surface area contributed by atoms with E-state index in [1.165, 1.54) is 13.2 Å². The van der Waals surface area contributed by atoms with Crippen molar-refractivity contribution in [2.24, 2.45) is 0 Å². The van der Waals surface area contributed by atoms with Crippen molar-refractivity contribution in [3.8, 4) is 40.2 Å². The molecule has 49 heavy (non-hydrogen) atoms. The van der Waals surface area contributed by atoms with Gasteiger partial charge < -0.3 is 23.5 Å². The van der Waals surface area contributed by atoms with Crippen molar-refractivity contribution in [2.45, 2.75) is 11.8 Å². The molecule has 1 unspecified atom stereocenters. The fraction of sp³-hybridized carbons (Fsp3) is 0.0500. The van der Waals surface area contributed by atoms with Gasteiger partial charge in [0.25, 0.3) is 0 Å². The van der Waals surface area contributed by atoms with Crippen molar-refractivity contribution in [1.82, 2.24) is 0 Å². The molecule has 0 aliphatic carbocycles. The minimum atomic E-state index is -2.28. The number of carbonyl (C=O) groups excluding carboxylic acids is 2. The van der Waals surface area contributed by atoms with E-state index in [1.54, 1.807) is 109 Å². The zero-order valence-electron chi connectivity index (χ0n) is 26.5. The zero-order chi connectivity index (χ0) is 34.3. The third kappa shape index (κ3) is 8.10. The number of aryl methyl sites for hydroxylation is 1. The maximum Gasteiger partial charge on any atom is 0.193 e. The SMILES string of the molecule is COc1ccc(Oc2ccc(C(=O)c3ccc(Oc4ccc(Oc5ccc(C(=O)c6ccc(C)cc6)cc5)cc4)cc3)cc2)c(S(=O)O)c1. The van der Waals surface area contributed by atoms with Crippen molar-refractivity contribution in [3.05, 3.63) is 167 Å². The number of rotatable bonds is 12. The van der Waals surface area contributed by atoms with Gasteiger partial charge in [0, 0.05) is 28.3 Å². The van der Waals surface area contributed by atoms with Crippen LogP contribution in [0.2, 0.25) is 0 Å². The summed E-state index contributed by atoms with van der Waals surface area (Å²) in [6.07, 6.45) is 0. The molecule has 1 atom stereocenters. The molecule has 0 saturated heterocycles. The van der Waals surface area contributed by atoms with Crippen LogP contribution in [0.15, 0.2) is 144 Å². The summed E-state index contributed by atoms with van der Waals surface area (Å²) in [5.74, 6) is 3.15. The third-order valence-electron chi connectivity index (χ3n) is 7.53. The van der Waals surface area contributed by atoms with Crippen molar-refractivity contribution in [2.75, 3.05) is 7.11 Å². The molecule has 0 aliphatic heterocycles. The van der Waals surface area contributed by atoms with E-state index in [-0.39, 0.29) is 22.2 Å². The van der Waals surface area contributed by atoms with Crippen LogP contribution in [0.3, 0.4) is 0 Å². The summed E-state index contributed by atoms with van der Waals surface area (Å²) in [6, 6.07) is 39.5. The molecule has 0 bridgehead atoms. The summed E-state index contributed by atoms with van der Waals surface area (Å²) in [4.78, 5) is 25.9. The molecule has 0 spiro atoms. The highest BCUT2D eigenvalue weighted by molar-refractivity contribution is 7.79. The standard InChI is InChI=1S/C40H30O8S/c1-26-3-5-27(6-4-26)39(41)28-7-13-31(14-8-28)46-33-19-21-34(22-20-33)47-32-15-9-29(10-16-32)40(42)30-11-17-35(18-12-30)48-37-24-23-36(45-2)25-38(37)49(43)44/h3-25H,1-2H3,(H,43,44). The Kier molecular flexibility index (Phi) is 9.94. The van der Waals surface area contributed by atoms with Gasteiger partial charge in [-0.2, -0.15) is 0 Å². The van der Waals surface area contributed by atoms with E-state index in [9.17, 15) is 18.4 Å². The lowest BCUT2D eigenvalue weighted by Crippen LogP contribution is -2.01. The van der Waals surface area contributed by atoms with E-state index in [0.717, 1.165) is 5.56 Å². The van der Waals surface area contributed by atoms with Crippen LogP contribution in [-0.2, 0) is 11.1 Å². The van der Waals surface area contributed by atoms with Gasteiger partial charge in [-0.15, -0.1) is 0 Å². The normalized spacial score (nSPS) is 11.3. The number of methoxy groups -OCH3 is 1. The van der Waals surface area contributed by atoms with Crippen molar-refractivity contribution < 1.29 is 37.3 Å². The predicted octanol–water partition coefficient (Wildman–Crippen LogP) is 9.42. The largest absolute Gasteiger partial charge is 0.497 e. The van der Waals surface area contributed by atoms with Crippen LogP contribution in [0.5, 0.6) is 40.2 Å². The maximum atomic E-state index is 13.1.